The molecule has 124 valence electrons. The Bertz CT molecular complexity index is 623. The first-order valence-corrected chi connectivity index (χ1v) is 8.86. The fourth-order valence-corrected chi connectivity index (χ4v) is 4.31. The molecule has 4 rings (SSSR count). The number of amides is 1. The van der Waals surface area contributed by atoms with E-state index in [1.165, 1.54) is 17.7 Å². The first-order valence-electron chi connectivity index (χ1n) is 8.86. The maximum atomic E-state index is 12.3. The predicted octanol–water partition coefficient (Wildman–Crippen LogP) is 1.85. The van der Waals surface area contributed by atoms with Crippen LogP contribution in [-0.4, -0.2) is 47.1 Å². The average molecular weight is 315 g/mol. The topological polar surface area (TPSA) is 55.3 Å². The van der Waals surface area contributed by atoms with Crippen LogP contribution >= 0.6 is 0 Å². The number of aromatic nitrogens is 2. The highest BCUT2D eigenvalue weighted by molar-refractivity contribution is 5.77. The van der Waals surface area contributed by atoms with Gasteiger partial charge in [-0.25, -0.2) is 9.97 Å². The number of carbonyl (C=O) groups is 1. The van der Waals surface area contributed by atoms with Crippen LogP contribution in [0.1, 0.15) is 48.5 Å². The molecular weight excluding hydrogens is 290 g/mol. The molecule has 2 aliphatic heterocycles. The molecule has 0 N–H and O–H groups in total. The fourth-order valence-electron chi connectivity index (χ4n) is 4.31. The minimum absolute atomic E-state index is 0.211. The molecule has 0 radical (unpaired) electrons. The Morgan fingerprint density at radius 2 is 2.13 bits per heavy atom. The van der Waals surface area contributed by atoms with Crippen LogP contribution in [0.2, 0.25) is 0 Å². The van der Waals surface area contributed by atoms with Crippen molar-refractivity contribution in [3.05, 3.63) is 22.8 Å². The van der Waals surface area contributed by atoms with Crippen LogP contribution < -0.4 is 0 Å². The van der Waals surface area contributed by atoms with Gasteiger partial charge in [-0.15, -0.1) is 0 Å². The summed E-state index contributed by atoms with van der Waals surface area (Å²) in [7, 11) is 0. The number of hydrogen-bond donors (Lipinski definition) is 0. The van der Waals surface area contributed by atoms with E-state index in [1.54, 1.807) is 0 Å². The molecule has 1 amide bonds. The lowest BCUT2D eigenvalue weighted by atomic mass is 9.79. The second kappa shape index (κ2) is 5.86. The number of piperidine rings is 1. The molecule has 23 heavy (non-hydrogen) atoms. The van der Waals surface area contributed by atoms with Crippen molar-refractivity contribution in [1.29, 1.82) is 0 Å². The number of aryl methyl sites for hydroxylation is 2. The van der Waals surface area contributed by atoms with E-state index >= 15 is 0 Å². The van der Waals surface area contributed by atoms with E-state index in [-0.39, 0.29) is 11.3 Å². The summed E-state index contributed by atoms with van der Waals surface area (Å²) in [4.78, 5) is 23.7. The van der Waals surface area contributed by atoms with E-state index in [4.69, 9.17) is 9.72 Å². The predicted molar refractivity (Wildman–Crippen MR) is 86.2 cm³/mol. The zero-order valence-corrected chi connectivity index (χ0v) is 13.9. The number of fused-ring (bicyclic) bond motifs is 1. The quantitative estimate of drug-likeness (QED) is 0.854. The van der Waals surface area contributed by atoms with Crippen molar-refractivity contribution in [3.63, 3.8) is 0 Å². The number of ether oxygens (including phenoxy) is 1. The third-order valence-corrected chi connectivity index (χ3v) is 5.72. The summed E-state index contributed by atoms with van der Waals surface area (Å²) in [5.41, 5.74) is 3.93. The van der Waals surface area contributed by atoms with Gasteiger partial charge >= 0.3 is 0 Å². The van der Waals surface area contributed by atoms with Gasteiger partial charge in [0.15, 0.2) is 0 Å². The Hall–Kier alpha value is -1.49. The summed E-state index contributed by atoms with van der Waals surface area (Å²) in [5, 5.41) is 0. The second-order valence-corrected chi connectivity index (χ2v) is 7.37. The van der Waals surface area contributed by atoms with E-state index in [1.807, 2.05) is 4.90 Å². The zero-order chi connectivity index (χ0) is 15.9. The summed E-state index contributed by atoms with van der Waals surface area (Å²) in [6.07, 6.45) is 6.89. The third kappa shape index (κ3) is 2.87. The van der Waals surface area contributed by atoms with Gasteiger partial charge in [-0.3, -0.25) is 4.79 Å². The SMILES string of the molecule is Cc1nc(CCN2C[C@@]3(CCOC3)CCC2=O)nc2c1CCC2. The number of likely N-dealkylation sites (tertiary alicyclic amines) is 1. The molecular formula is C18H25N3O2. The molecule has 0 saturated carbocycles. The summed E-state index contributed by atoms with van der Waals surface area (Å²) in [5.74, 6) is 1.18. The Balaban J connectivity index is 1.44. The monoisotopic (exact) mass is 315 g/mol. The Labute approximate surface area is 137 Å². The van der Waals surface area contributed by atoms with Crippen molar-refractivity contribution in [3.8, 4) is 0 Å². The molecule has 3 heterocycles. The highest BCUT2D eigenvalue weighted by Gasteiger charge is 2.41. The highest BCUT2D eigenvalue weighted by Crippen LogP contribution is 2.38. The molecule has 1 aromatic rings. The molecule has 1 atom stereocenters. The fraction of sp³-hybridized carbons (Fsp3) is 0.722. The van der Waals surface area contributed by atoms with Gasteiger partial charge in [0.25, 0.3) is 0 Å². The highest BCUT2D eigenvalue weighted by atomic mass is 16.5. The summed E-state index contributed by atoms with van der Waals surface area (Å²) >= 11 is 0. The molecule has 2 fully saturated rings. The first-order chi connectivity index (χ1) is 11.2. The number of nitrogens with zero attached hydrogens (tertiary/aromatic N) is 3. The third-order valence-electron chi connectivity index (χ3n) is 5.72. The molecule has 0 bridgehead atoms. The van der Waals surface area contributed by atoms with Crippen molar-refractivity contribution in [2.45, 2.75) is 51.9 Å². The van der Waals surface area contributed by atoms with Gasteiger partial charge in [-0.2, -0.15) is 0 Å². The van der Waals surface area contributed by atoms with Gasteiger partial charge in [0.05, 0.1) is 6.61 Å². The number of hydrogen-bond acceptors (Lipinski definition) is 4. The van der Waals surface area contributed by atoms with E-state index < -0.39 is 0 Å². The molecule has 3 aliphatic rings. The smallest absolute Gasteiger partial charge is 0.222 e. The van der Waals surface area contributed by atoms with Crippen molar-refractivity contribution in [2.24, 2.45) is 5.41 Å². The molecule has 5 nitrogen and oxygen atoms in total. The van der Waals surface area contributed by atoms with E-state index in [2.05, 4.69) is 11.9 Å². The van der Waals surface area contributed by atoms with E-state index in [9.17, 15) is 4.79 Å². The first kappa shape index (κ1) is 15.1. The van der Waals surface area contributed by atoms with Gasteiger partial charge in [0, 0.05) is 49.3 Å². The molecule has 1 aliphatic carbocycles. The minimum Gasteiger partial charge on any atom is -0.381 e. The van der Waals surface area contributed by atoms with Gasteiger partial charge in [-0.1, -0.05) is 0 Å². The molecule has 5 heteroatoms. The Kier molecular flexibility index (Phi) is 3.84. The van der Waals surface area contributed by atoms with Gasteiger partial charge in [0.1, 0.15) is 5.82 Å². The maximum absolute atomic E-state index is 12.3. The zero-order valence-electron chi connectivity index (χ0n) is 13.9. The van der Waals surface area contributed by atoms with Crippen LogP contribution in [0, 0.1) is 12.3 Å². The standard InChI is InChI=1S/C18H25N3O2/c1-13-14-3-2-4-15(14)20-16(19-13)6-9-21-11-18(7-5-17(21)22)8-10-23-12-18/h2-12H2,1H3/t18-/m0/s1. The van der Waals surface area contributed by atoms with Gasteiger partial charge in [-0.05, 0) is 44.6 Å². The van der Waals surface area contributed by atoms with Crippen molar-refractivity contribution < 1.29 is 9.53 Å². The normalized spacial score (nSPS) is 27.0. The van der Waals surface area contributed by atoms with E-state index in [0.29, 0.717) is 6.42 Å². The Morgan fingerprint density at radius 1 is 1.22 bits per heavy atom. The van der Waals surface area contributed by atoms with Crippen LogP contribution in [0.3, 0.4) is 0 Å². The van der Waals surface area contributed by atoms with Crippen LogP contribution in [-0.2, 0) is 28.8 Å². The average Bonchev–Trinajstić information content (AvgIpc) is 3.18. The maximum Gasteiger partial charge on any atom is 0.222 e. The molecule has 1 aromatic heterocycles. The molecule has 1 spiro atoms. The Morgan fingerprint density at radius 3 is 2.96 bits per heavy atom. The van der Waals surface area contributed by atoms with Gasteiger partial charge < -0.3 is 9.64 Å². The molecule has 0 unspecified atom stereocenters. The lowest BCUT2D eigenvalue weighted by Gasteiger charge is -2.39. The van der Waals surface area contributed by atoms with Crippen molar-refractivity contribution >= 4 is 5.91 Å². The van der Waals surface area contributed by atoms with Crippen LogP contribution in [0.4, 0.5) is 0 Å². The number of carbonyl (C=O) groups excluding carboxylic acids is 1. The van der Waals surface area contributed by atoms with Crippen molar-refractivity contribution in [1.82, 2.24) is 14.9 Å². The lowest BCUT2D eigenvalue weighted by molar-refractivity contribution is -0.137. The largest absolute Gasteiger partial charge is 0.381 e. The molecule has 2 saturated heterocycles. The summed E-state index contributed by atoms with van der Waals surface area (Å²) in [6.45, 7) is 5.32. The van der Waals surface area contributed by atoms with Crippen LogP contribution in [0.15, 0.2) is 0 Å². The minimum atomic E-state index is 0.211. The summed E-state index contributed by atoms with van der Waals surface area (Å²) < 4.78 is 5.59. The molecule has 0 aromatic carbocycles. The van der Waals surface area contributed by atoms with E-state index in [0.717, 1.165) is 69.9 Å². The van der Waals surface area contributed by atoms with Gasteiger partial charge in [0.2, 0.25) is 5.91 Å². The summed E-state index contributed by atoms with van der Waals surface area (Å²) in [6, 6.07) is 0. The van der Waals surface area contributed by atoms with Crippen molar-refractivity contribution in [2.75, 3.05) is 26.3 Å². The second-order valence-electron chi connectivity index (χ2n) is 7.37. The van der Waals surface area contributed by atoms with Crippen LogP contribution in [0.25, 0.3) is 0 Å². The lowest BCUT2D eigenvalue weighted by Crippen LogP contribution is -2.47. The number of rotatable bonds is 3. The van der Waals surface area contributed by atoms with Crippen LogP contribution in [0.5, 0.6) is 0 Å².